The first kappa shape index (κ1) is 14.3. The molecule has 2 aromatic rings. The molecule has 2 aromatic carbocycles. The molecule has 0 aliphatic heterocycles. The van der Waals surface area contributed by atoms with Crippen LogP contribution in [-0.2, 0) is 6.54 Å². The van der Waals surface area contributed by atoms with Gasteiger partial charge in [0.2, 0.25) is 0 Å². The number of phenols is 1. The number of hydrogen-bond acceptors (Lipinski definition) is 2. The molecule has 0 atom stereocenters. The van der Waals surface area contributed by atoms with Crippen LogP contribution >= 0.6 is 34.8 Å². The molecule has 0 amide bonds. The summed E-state index contributed by atoms with van der Waals surface area (Å²) in [5.74, 6) is -0.405. The highest BCUT2D eigenvalue weighted by Crippen LogP contribution is 2.32. The summed E-state index contributed by atoms with van der Waals surface area (Å²) in [4.78, 5) is 0. The Balaban J connectivity index is 2.21. The second-order valence-corrected chi connectivity index (χ2v) is 5.12. The van der Waals surface area contributed by atoms with Gasteiger partial charge in [0.15, 0.2) is 0 Å². The van der Waals surface area contributed by atoms with Gasteiger partial charge < -0.3 is 10.4 Å². The van der Waals surface area contributed by atoms with Crippen molar-refractivity contribution in [3.63, 3.8) is 0 Å². The molecular weight excluding hydrogens is 312 g/mol. The van der Waals surface area contributed by atoms with Gasteiger partial charge in [-0.2, -0.15) is 0 Å². The number of nitrogens with one attached hydrogen (secondary N) is 1. The SMILES string of the molecule is Oc1ccc(Cl)cc1CNc1c(Cl)cc(F)cc1Cl. The quantitative estimate of drug-likeness (QED) is 0.824. The topological polar surface area (TPSA) is 32.3 Å². The Labute approximate surface area is 124 Å². The summed E-state index contributed by atoms with van der Waals surface area (Å²) in [6.45, 7) is 0.261. The normalized spacial score (nSPS) is 10.5. The lowest BCUT2D eigenvalue weighted by molar-refractivity contribution is 0.469. The molecule has 0 radical (unpaired) electrons. The van der Waals surface area contributed by atoms with Gasteiger partial charge >= 0.3 is 0 Å². The van der Waals surface area contributed by atoms with Crippen molar-refractivity contribution in [2.24, 2.45) is 0 Å². The van der Waals surface area contributed by atoms with Gasteiger partial charge in [-0.25, -0.2) is 4.39 Å². The molecule has 2 N–H and O–H groups in total. The first-order valence-electron chi connectivity index (χ1n) is 5.33. The highest BCUT2D eigenvalue weighted by molar-refractivity contribution is 6.39. The molecular formula is C13H9Cl3FNO. The largest absolute Gasteiger partial charge is 0.508 e. The molecule has 0 heterocycles. The van der Waals surface area contributed by atoms with Crippen LogP contribution in [0.25, 0.3) is 0 Å². The maximum atomic E-state index is 13.0. The van der Waals surface area contributed by atoms with Gasteiger partial charge in [-0.3, -0.25) is 0 Å². The Morgan fingerprint density at radius 2 is 1.68 bits per heavy atom. The van der Waals surface area contributed by atoms with Gasteiger partial charge in [-0.1, -0.05) is 34.8 Å². The second kappa shape index (κ2) is 5.87. The van der Waals surface area contributed by atoms with Crippen LogP contribution < -0.4 is 5.32 Å². The van der Waals surface area contributed by atoms with Gasteiger partial charge in [0, 0.05) is 17.1 Å². The first-order valence-corrected chi connectivity index (χ1v) is 6.46. The van der Waals surface area contributed by atoms with Crippen molar-refractivity contribution < 1.29 is 9.50 Å². The van der Waals surface area contributed by atoms with E-state index in [1.807, 2.05) is 0 Å². The van der Waals surface area contributed by atoms with Crippen LogP contribution in [0.2, 0.25) is 15.1 Å². The summed E-state index contributed by atoms with van der Waals surface area (Å²) in [7, 11) is 0. The molecule has 19 heavy (non-hydrogen) atoms. The summed E-state index contributed by atoms with van der Waals surface area (Å²) >= 11 is 17.6. The average molecular weight is 321 g/mol. The van der Waals surface area contributed by atoms with Crippen molar-refractivity contribution in [2.45, 2.75) is 6.54 Å². The lowest BCUT2D eigenvalue weighted by Gasteiger charge is -2.12. The maximum Gasteiger partial charge on any atom is 0.126 e. The smallest absolute Gasteiger partial charge is 0.126 e. The number of rotatable bonds is 3. The van der Waals surface area contributed by atoms with Crippen LogP contribution in [0.1, 0.15) is 5.56 Å². The van der Waals surface area contributed by atoms with Crippen LogP contribution in [0, 0.1) is 5.82 Å². The molecule has 0 unspecified atom stereocenters. The molecule has 0 aromatic heterocycles. The van der Waals surface area contributed by atoms with E-state index in [0.717, 1.165) is 12.1 Å². The summed E-state index contributed by atoms with van der Waals surface area (Å²) < 4.78 is 13.0. The van der Waals surface area contributed by atoms with Crippen molar-refractivity contribution in [3.05, 3.63) is 56.8 Å². The van der Waals surface area contributed by atoms with Gasteiger partial charge in [0.25, 0.3) is 0 Å². The molecule has 0 spiro atoms. The van der Waals surface area contributed by atoms with Gasteiger partial charge in [-0.05, 0) is 30.3 Å². The zero-order chi connectivity index (χ0) is 14.0. The standard InChI is InChI=1S/C13H9Cl3FNO/c14-8-1-2-12(19)7(3-8)6-18-13-10(15)4-9(17)5-11(13)16/h1-5,18-19H,6H2. The Bertz CT molecular complexity index is 596. The van der Waals surface area contributed by atoms with Crippen LogP contribution in [0.3, 0.4) is 0 Å². The van der Waals surface area contributed by atoms with E-state index in [1.165, 1.54) is 6.07 Å². The third-order valence-corrected chi connectivity index (χ3v) is 3.34. The average Bonchev–Trinajstić information content (AvgIpc) is 2.32. The molecule has 0 saturated carbocycles. The molecule has 0 aliphatic rings. The van der Waals surface area contributed by atoms with E-state index in [1.54, 1.807) is 12.1 Å². The number of anilines is 1. The Morgan fingerprint density at radius 3 is 2.32 bits per heavy atom. The molecule has 100 valence electrons. The van der Waals surface area contributed by atoms with Crippen LogP contribution in [0.15, 0.2) is 30.3 Å². The lowest BCUT2D eigenvalue weighted by atomic mass is 10.2. The number of halogens is 4. The lowest BCUT2D eigenvalue weighted by Crippen LogP contribution is -2.01. The number of aromatic hydroxyl groups is 1. The zero-order valence-corrected chi connectivity index (χ0v) is 11.8. The third-order valence-electron chi connectivity index (χ3n) is 2.50. The fraction of sp³-hybridized carbons (Fsp3) is 0.0769. The third kappa shape index (κ3) is 3.44. The van der Waals surface area contributed by atoms with E-state index in [2.05, 4.69) is 5.32 Å². The Kier molecular flexibility index (Phi) is 4.40. The van der Waals surface area contributed by atoms with Crippen molar-refractivity contribution in [1.29, 1.82) is 0 Å². The highest BCUT2D eigenvalue weighted by atomic mass is 35.5. The van der Waals surface area contributed by atoms with Crippen LogP contribution in [-0.4, -0.2) is 5.11 Å². The summed E-state index contributed by atoms with van der Waals surface area (Å²) in [5, 5.41) is 13.5. The van der Waals surface area contributed by atoms with Crippen molar-refractivity contribution in [3.8, 4) is 5.75 Å². The minimum absolute atomic E-state index is 0.103. The van der Waals surface area contributed by atoms with E-state index in [-0.39, 0.29) is 22.3 Å². The number of hydrogen-bond donors (Lipinski definition) is 2. The molecule has 0 fully saturated rings. The number of phenolic OH excluding ortho intramolecular Hbond substituents is 1. The summed E-state index contributed by atoms with van der Waals surface area (Å²) in [6.07, 6.45) is 0. The Hall–Kier alpha value is -1.16. The predicted octanol–water partition coefficient (Wildman–Crippen LogP) is 5.10. The van der Waals surface area contributed by atoms with Crippen molar-refractivity contribution >= 4 is 40.5 Å². The predicted molar refractivity (Wildman–Crippen MR) is 76.9 cm³/mol. The van der Waals surface area contributed by atoms with Crippen LogP contribution in [0.4, 0.5) is 10.1 Å². The monoisotopic (exact) mass is 319 g/mol. The zero-order valence-electron chi connectivity index (χ0n) is 9.55. The van der Waals surface area contributed by atoms with E-state index < -0.39 is 5.82 Å². The van der Waals surface area contributed by atoms with E-state index in [0.29, 0.717) is 16.3 Å². The maximum absolute atomic E-state index is 13.0. The Morgan fingerprint density at radius 1 is 1.05 bits per heavy atom. The van der Waals surface area contributed by atoms with E-state index in [4.69, 9.17) is 34.8 Å². The molecule has 6 heteroatoms. The van der Waals surface area contributed by atoms with Gasteiger partial charge in [-0.15, -0.1) is 0 Å². The molecule has 0 aliphatic carbocycles. The van der Waals surface area contributed by atoms with Gasteiger partial charge in [0.05, 0.1) is 15.7 Å². The number of benzene rings is 2. The minimum atomic E-state index is -0.508. The molecule has 2 nitrogen and oxygen atoms in total. The minimum Gasteiger partial charge on any atom is -0.508 e. The van der Waals surface area contributed by atoms with Crippen molar-refractivity contribution in [2.75, 3.05) is 5.32 Å². The molecule has 2 rings (SSSR count). The van der Waals surface area contributed by atoms with E-state index >= 15 is 0 Å². The molecule has 0 saturated heterocycles. The summed E-state index contributed by atoms with van der Waals surface area (Å²) in [6, 6.07) is 7.02. The second-order valence-electron chi connectivity index (χ2n) is 3.87. The molecule has 0 bridgehead atoms. The highest BCUT2D eigenvalue weighted by Gasteiger charge is 2.09. The fourth-order valence-corrected chi connectivity index (χ4v) is 2.38. The van der Waals surface area contributed by atoms with Crippen LogP contribution in [0.5, 0.6) is 5.75 Å². The van der Waals surface area contributed by atoms with Gasteiger partial charge in [0.1, 0.15) is 11.6 Å². The van der Waals surface area contributed by atoms with Crippen molar-refractivity contribution in [1.82, 2.24) is 0 Å². The summed E-state index contributed by atoms with van der Waals surface area (Å²) in [5.41, 5.74) is 0.994. The first-order chi connectivity index (χ1) is 8.97. The fourth-order valence-electron chi connectivity index (χ4n) is 1.59. The van der Waals surface area contributed by atoms with E-state index in [9.17, 15) is 9.50 Å².